The lowest BCUT2D eigenvalue weighted by molar-refractivity contribution is -0.0369. The Hall–Kier alpha value is -1.61. The third-order valence-corrected chi connectivity index (χ3v) is 4.64. The molecule has 2 N–H and O–H groups in total. The summed E-state index contributed by atoms with van der Waals surface area (Å²) in [7, 11) is 0. The maximum absolute atomic E-state index is 11.2. The fourth-order valence-corrected chi connectivity index (χ4v) is 3.19. The van der Waals surface area contributed by atoms with E-state index in [-0.39, 0.29) is 17.6 Å². The summed E-state index contributed by atoms with van der Waals surface area (Å²) in [6, 6.07) is 7.13. The first-order chi connectivity index (χ1) is 10.5. The average molecular weight is 301 g/mol. The van der Waals surface area contributed by atoms with E-state index in [9.17, 15) is 10.2 Å². The van der Waals surface area contributed by atoms with Crippen LogP contribution in [0.4, 0.5) is 5.69 Å². The minimum Gasteiger partial charge on any atom is -0.506 e. The van der Waals surface area contributed by atoms with Crippen molar-refractivity contribution in [3.63, 3.8) is 0 Å². The molecule has 1 aliphatic rings. The molecule has 0 amide bonds. The normalized spacial score (nSPS) is 25.7. The number of phenolic OH excluding ortho intramolecular Hbond substituents is 1. The molecule has 120 valence electrons. The quantitative estimate of drug-likeness (QED) is 0.616. The molecule has 0 saturated heterocycles. The van der Waals surface area contributed by atoms with Gasteiger partial charge in [0.2, 0.25) is 0 Å². The van der Waals surface area contributed by atoms with E-state index in [4.69, 9.17) is 4.99 Å². The molecular weight excluding hydrogens is 274 g/mol. The molecule has 0 aliphatic heterocycles. The number of rotatable bonds is 5. The van der Waals surface area contributed by atoms with Crippen molar-refractivity contribution in [3.05, 3.63) is 36.4 Å². The second-order valence-electron chi connectivity index (χ2n) is 6.45. The predicted octanol–water partition coefficient (Wildman–Crippen LogP) is 4.62. The number of aliphatic imine (C=N–C) groups is 1. The van der Waals surface area contributed by atoms with Gasteiger partial charge in [-0.25, -0.2) is 0 Å². The van der Waals surface area contributed by atoms with Crippen LogP contribution in [-0.2, 0) is 0 Å². The van der Waals surface area contributed by atoms with Crippen LogP contribution in [0.15, 0.2) is 41.4 Å². The first kappa shape index (κ1) is 16.8. The molecule has 2 rings (SSSR count). The summed E-state index contributed by atoms with van der Waals surface area (Å²) in [5.41, 5.74) is 0.823. The molecule has 22 heavy (non-hydrogen) atoms. The third kappa shape index (κ3) is 3.41. The van der Waals surface area contributed by atoms with Crippen LogP contribution < -0.4 is 0 Å². The van der Waals surface area contributed by atoms with Gasteiger partial charge in [-0.15, -0.1) is 0 Å². The monoisotopic (exact) mass is 301 g/mol. The Labute approximate surface area is 133 Å². The predicted molar refractivity (Wildman–Crippen MR) is 91.8 cm³/mol. The van der Waals surface area contributed by atoms with E-state index in [1.165, 1.54) is 0 Å². The van der Waals surface area contributed by atoms with Crippen molar-refractivity contribution in [2.45, 2.75) is 52.1 Å². The van der Waals surface area contributed by atoms with Gasteiger partial charge in [0, 0.05) is 11.6 Å². The summed E-state index contributed by atoms with van der Waals surface area (Å²) in [5, 5.41) is 21.1. The lowest BCUT2D eigenvalue weighted by Crippen LogP contribution is -2.47. The van der Waals surface area contributed by atoms with Crippen molar-refractivity contribution in [1.82, 2.24) is 0 Å². The largest absolute Gasteiger partial charge is 0.506 e. The molecule has 0 bridgehead atoms. The molecule has 3 heteroatoms. The lowest BCUT2D eigenvalue weighted by atomic mass is 9.69. The summed E-state index contributed by atoms with van der Waals surface area (Å²) in [6.45, 7) is 6.25. The van der Waals surface area contributed by atoms with Crippen LogP contribution in [0, 0.1) is 11.8 Å². The second kappa shape index (κ2) is 7.10. The Morgan fingerprint density at radius 2 is 2.05 bits per heavy atom. The molecule has 0 fully saturated rings. The molecule has 0 aromatic heterocycles. The van der Waals surface area contributed by atoms with Gasteiger partial charge in [-0.2, -0.15) is 0 Å². The molecule has 0 saturated carbocycles. The smallest absolute Gasteiger partial charge is 0.141 e. The van der Waals surface area contributed by atoms with Gasteiger partial charge in [0.15, 0.2) is 0 Å². The van der Waals surface area contributed by atoms with Crippen LogP contribution in [0.5, 0.6) is 5.75 Å². The molecule has 2 atom stereocenters. The van der Waals surface area contributed by atoms with Gasteiger partial charge in [0.05, 0.1) is 5.60 Å². The fourth-order valence-electron chi connectivity index (χ4n) is 3.19. The van der Waals surface area contributed by atoms with Crippen molar-refractivity contribution in [3.8, 4) is 5.75 Å². The highest BCUT2D eigenvalue weighted by atomic mass is 16.3. The second-order valence-corrected chi connectivity index (χ2v) is 6.45. The number of phenols is 1. The van der Waals surface area contributed by atoms with Gasteiger partial charge in [0.25, 0.3) is 0 Å². The number of nitrogens with zero attached hydrogens (tertiary/aromatic N) is 1. The summed E-state index contributed by atoms with van der Waals surface area (Å²) < 4.78 is 0. The highest BCUT2D eigenvalue weighted by Gasteiger charge is 2.42. The van der Waals surface area contributed by atoms with Crippen molar-refractivity contribution in [2.24, 2.45) is 16.8 Å². The van der Waals surface area contributed by atoms with E-state index in [0.717, 1.165) is 25.0 Å². The van der Waals surface area contributed by atoms with Gasteiger partial charge >= 0.3 is 0 Å². The zero-order valence-electron chi connectivity index (χ0n) is 13.8. The highest BCUT2D eigenvalue weighted by molar-refractivity contribution is 5.91. The fraction of sp³-hybridized carbons (Fsp3) is 0.526. The Morgan fingerprint density at radius 3 is 2.68 bits per heavy atom. The summed E-state index contributed by atoms with van der Waals surface area (Å²) >= 11 is 0. The minimum atomic E-state index is -0.757. The number of aromatic hydroxyl groups is 1. The Kier molecular flexibility index (Phi) is 5.41. The van der Waals surface area contributed by atoms with Gasteiger partial charge in [-0.3, -0.25) is 4.99 Å². The maximum Gasteiger partial charge on any atom is 0.141 e. The van der Waals surface area contributed by atoms with E-state index >= 15 is 0 Å². The number of aliphatic hydroxyl groups is 1. The van der Waals surface area contributed by atoms with Crippen LogP contribution in [0.2, 0.25) is 0 Å². The number of para-hydroxylation sites is 2. The summed E-state index contributed by atoms with van der Waals surface area (Å²) in [6.07, 6.45) is 7.49. The molecule has 0 spiro atoms. The number of benzene rings is 1. The van der Waals surface area contributed by atoms with Crippen LogP contribution in [0.1, 0.15) is 46.5 Å². The van der Waals surface area contributed by atoms with Crippen molar-refractivity contribution >= 4 is 11.4 Å². The zero-order valence-corrected chi connectivity index (χ0v) is 13.8. The Balaban J connectivity index is 2.42. The SMILES string of the molecule is CCCC(=Nc1ccccc1O)C1CC=CCC1(O)C(C)C. The third-order valence-electron chi connectivity index (χ3n) is 4.64. The summed E-state index contributed by atoms with van der Waals surface area (Å²) in [5.74, 6) is 0.362. The van der Waals surface area contributed by atoms with Gasteiger partial charge in [-0.05, 0) is 37.3 Å². The van der Waals surface area contributed by atoms with E-state index in [1.54, 1.807) is 12.1 Å². The van der Waals surface area contributed by atoms with Crippen LogP contribution in [0.25, 0.3) is 0 Å². The Bertz CT molecular complexity index is 562. The van der Waals surface area contributed by atoms with E-state index < -0.39 is 5.60 Å². The molecule has 2 unspecified atom stereocenters. The van der Waals surface area contributed by atoms with Crippen molar-refractivity contribution in [1.29, 1.82) is 0 Å². The average Bonchev–Trinajstić information content (AvgIpc) is 2.49. The molecule has 0 radical (unpaired) electrons. The van der Waals surface area contributed by atoms with Crippen LogP contribution in [-0.4, -0.2) is 21.5 Å². The van der Waals surface area contributed by atoms with E-state index in [1.807, 2.05) is 12.1 Å². The minimum absolute atomic E-state index is 0.0112. The molecule has 1 aromatic carbocycles. The van der Waals surface area contributed by atoms with Crippen molar-refractivity contribution in [2.75, 3.05) is 0 Å². The topological polar surface area (TPSA) is 52.8 Å². The first-order valence-corrected chi connectivity index (χ1v) is 8.21. The van der Waals surface area contributed by atoms with Gasteiger partial charge < -0.3 is 10.2 Å². The number of allylic oxidation sites excluding steroid dienone is 1. The number of hydrogen-bond acceptors (Lipinski definition) is 3. The molecule has 1 aliphatic carbocycles. The van der Waals surface area contributed by atoms with E-state index in [2.05, 4.69) is 32.9 Å². The van der Waals surface area contributed by atoms with Crippen LogP contribution >= 0.6 is 0 Å². The molecule has 1 aromatic rings. The molecule has 3 nitrogen and oxygen atoms in total. The van der Waals surface area contributed by atoms with E-state index in [0.29, 0.717) is 12.1 Å². The standard InChI is InChI=1S/C19H27NO2/c1-4-9-16(20-17-11-5-6-12-18(17)21)15-10-7-8-13-19(15,22)14(2)3/h5-8,11-12,14-15,21-22H,4,9-10,13H2,1-3H3. The maximum atomic E-state index is 11.2. The zero-order chi connectivity index (χ0) is 16.2. The van der Waals surface area contributed by atoms with Gasteiger partial charge in [0.1, 0.15) is 11.4 Å². The highest BCUT2D eigenvalue weighted by Crippen LogP contribution is 2.39. The summed E-state index contributed by atoms with van der Waals surface area (Å²) in [4.78, 5) is 4.72. The first-order valence-electron chi connectivity index (χ1n) is 8.21. The van der Waals surface area contributed by atoms with Gasteiger partial charge in [-0.1, -0.05) is 51.5 Å². The van der Waals surface area contributed by atoms with Crippen LogP contribution in [0.3, 0.4) is 0 Å². The number of hydrogen-bond donors (Lipinski definition) is 2. The molecular formula is C19H27NO2. The van der Waals surface area contributed by atoms with Crippen molar-refractivity contribution < 1.29 is 10.2 Å². The molecule has 0 heterocycles. The Morgan fingerprint density at radius 1 is 1.32 bits per heavy atom. The lowest BCUT2D eigenvalue weighted by Gasteiger charge is -2.41.